The number of aliphatic hydroxyl groups is 1. The summed E-state index contributed by atoms with van der Waals surface area (Å²) >= 11 is 0. The quantitative estimate of drug-likeness (QED) is 0.939. The third-order valence-electron chi connectivity index (χ3n) is 4.56. The molecule has 1 fully saturated rings. The van der Waals surface area contributed by atoms with E-state index in [0.29, 0.717) is 0 Å². The number of para-hydroxylation sites is 1. The molecule has 3 nitrogen and oxygen atoms in total. The lowest BCUT2D eigenvalue weighted by Crippen LogP contribution is -2.45. The van der Waals surface area contributed by atoms with Crippen molar-refractivity contribution in [3.05, 3.63) is 65.7 Å². The average Bonchev–Trinajstić information content (AvgIpc) is 2.56. The van der Waals surface area contributed by atoms with Gasteiger partial charge in [0.2, 0.25) is 0 Å². The third-order valence-corrected chi connectivity index (χ3v) is 4.56. The van der Waals surface area contributed by atoms with E-state index in [-0.39, 0.29) is 0 Å². The number of rotatable bonds is 4. The van der Waals surface area contributed by atoms with Gasteiger partial charge in [-0.3, -0.25) is 4.90 Å². The van der Waals surface area contributed by atoms with Crippen LogP contribution in [0.2, 0.25) is 0 Å². The Kier molecular flexibility index (Phi) is 4.69. The van der Waals surface area contributed by atoms with Gasteiger partial charge in [-0.15, -0.1) is 0 Å². The summed E-state index contributed by atoms with van der Waals surface area (Å²) in [5.41, 5.74) is 2.84. The van der Waals surface area contributed by atoms with Crippen molar-refractivity contribution in [1.29, 1.82) is 0 Å². The highest BCUT2D eigenvalue weighted by Gasteiger charge is 2.18. The van der Waals surface area contributed by atoms with Gasteiger partial charge in [-0.2, -0.15) is 0 Å². The molecule has 3 heteroatoms. The zero-order valence-electron chi connectivity index (χ0n) is 14.1. The second kappa shape index (κ2) is 6.73. The van der Waals surface area contributed by atoms with Gasteiger partial charge in [0, 0.05) is 38.4 Å². The fraction of sp³-hybridized carbons (Fsp3) is 0.400. The highest BCUT2D eigenvalue weighted by molar-refractivity contribution is 5.46. The van der Waals surface area contributed by atoms with Gasteiger partial charge in [0.05, 0.1) is 5.60 Å². The Balaban J connectivity index is 1.55. The molecule has 122 valence electrons. The van der Waals surface area contributed by atoms with Gasteiger partial charge in [-0.05, 0) is 37.1 Å². The number of hydrogen-bond donors (Lipinski definition) is 1. The Morgan fingerprint density at radius 1 is 0.870 bits per heavy atom. The molecule has 0 amide bonds. The van der Waals surface area contributed by atoms with E-state index in [2.05, 4.69) is 52.3 Å². The molecule has 2 aromatic rings. The molecule has 0 aliphatic carbocycles. The lowest BCUT2D eigenvalue weighted by molar-refractivity contribution is 0.0785. The molecule has 2 aromatic carbocycles. The van der Waals surface area contributed by atoms with E-state index >= 15 is 0 Å². The summed E-state index contributed by atoms with van der Waals surface area (Å²) < 4.78 is 0. The van der Waals surface area contributed by atoms with Crippen LogP contribution in [0.25, 0.3) is 0 Å². The maximum absolute atomic E-state index is 10.0. The Hall–Kier alpha value is -1.84. The van der Waals surface area contributed by atoms with Crippen LogP contribution in [0.5, 0.6) is 0 Å². The summed E-state index contributed by atoms with van der Waals surface area (Å²) in [7, 11) is 0. The maximum atomic E-state index is 10.0. The molecule has 3 rings (SSSR count). The van der Waals surface area contributed by atoms with E-state index in [1.807, 2.05) is 26.0 Å². The molecule has 0 unspecified atom stereocenters. The molecular weight excluding hydrogens is 284 g/mol. The predicted octanol–water partition coefficient (Wildman–Crippen LogP) is 3.24. The number of benzene rings is 2. The Morgan fingerprint density at radius 2 is 1.48 bits per heavy atom. The van der Waals surface area contributed by atoms with Crippen LogP contribution < -0.4 is 4.90 Å². The molecule has 0 saturated carbocycles. The first-order chi connectivity index (χ1) is 11.0. The van der Waals surface area contributed by atoms with Crippen LogP contribution in [0.4, 0.5) is 5.69 Å². The fourth-order valence-corrected chi connectivity index (χ4v) is 3.08. The molecule has 0 spiro atoms. The molecule has 0 atom stereocenters. The SMILES string of the molecule is CC(C)(O)c1ccc(CN2CCN(c3ccccc3)CC2)cc1. The largest absolute Gasteiger partial charge is 0.386 e. The van der Waals surface area contributed by atoms with Crippen LogP contribution in [0.3, 0.4) is 0 Å². The molecule has 0 aromatic heterocycles. The first-order valence-electron chi connectivity index (χ1n) is 8.36. The van der Waals surface area contributed by atoms with E-state index in [9.17, 15) is 5.11 Å². The minimum atomic E-state index is -0.764. The lowest BCUT2D eigenvalue weighted by atomic mass is 9.97. The summed E-state index contributed by atoms with van der Waals surface area (Å²) in [5.74, 6) is 0. The van der Waals surface area contributed by atoms with Crippen molar-refractivity contribution >= 4 is 5.69 Å². The summed E-state index contributed by atoms with van der Waals surface area (Å²) in [5, 5.41) is 10.0. The van der Waals surface area contributed by atoms with Crippen LogP contribution >= 0.6 is 0 Å². The van der Waals surface area contributed by atoms with Crippen molar-refractivity contribution in [2.45, 2.75) is 26.0 Å². The van der Waals surface area contributed by atoms with Crippen LogP contribution in [-0.4, -0.2) is 36.2 Å². The van der Waals surface area contributed by atoms with E-state index in [4.69, 9.17) is 0 Å². The Labute approximate surface area is 139 Å². The molecule has 23 heavy (non-hydrogen) atoms. The molecule has 1 aliphatic rings. The van der Waals surface area contributed by atoms with Crippen molar-refractivity contribution in [2.75, 3.05) is 31.1 Å². The first-order valence-corrected chi connectivity index (χ1v) is 8.36. The second-order valence-corrected chi connectivity index (χ2v) is 6.85. The van der Waals surface area contributed by atoms with Gasteiger partial charge in [-0.25, -0.2) is 0 Å². The van der Waals surface area contributed by atoms with Crippen molar-refractivity contribution in [3.63, 3.8) is 0 Å². The van der Waals surface area contributed by atoms with Gasteiger partial charge in [-0.1, -0.05) is 42.5 Å². The van der Waals surface area contributed by atoms with Gasteiger partial charge in [0.15, 0.2) is 0 Å². The number of hydrogen-bond acceptors (Lipinski definition) is 3. The molecule has 0 bridgehead atoms. The summed E-state index contributed by atoms with van der Waals surface area (Å²) in [6.45, 7) is 8.95. The normalized spacial score (nSPS) is 16.6. The van der Waals surface area contributed by atoms with Crippen molar-refractivity contribution in [1.82, 2.24) is 4.90 Å². The topological polar surface area (TPSA) is 26.7 Å². The monoisotopic (exact) mass is 310 g/mol. The van der Waals surface area contributed by atoms with Crippen LogP contribution in [0.1, 0.15) is 25.0 Å². The molecule has 1 saturated heterocycles. The number of nitrogens with zero attached hydrogens (tertiary/aromatic N) is 2. The van der Waals surface area contributed by atoms with E-state index in [1.165, 1.54) is 11.3 Å². The van der Waals surface area contributed by atoms with E-state index in [0.717, 1.165) is 38.3 Å². The van der Waals surface area contributed by atoms with E-state index < -0.39 is 5.60 Å². The Morgan fingerprint density at radius 3 is 2.04 bits per heavy atom. The second-order valence-electron chi connectivity index (χ2n) is 6.85. The molecule has 1 N–H and O–H groups in total. The van der Waals surface area contributed by atoms with Gasteiger partial charge in [0.25, 0.3) is 0 Å². The summed E-state index contributed by atoms with van der Waals surface area (Å²) in [4.78, 5) is 4.95. The fourth-order valence-electron chi connectivity index (χ4n) is 3.08. The molecular formula is C20H26N2O. The smallest absolute Gasteiger partial charge is 0.0840 e. The standard InChI is InChI=1S/C20H26N2O/c1-20(2,23)18-10-8-17(9-11-18)16-21-12-14-22(15-13-21)19-6-4-3-5-7-19/h3-11,23H,12-16H2,1-2H3. The average molecular weight is 310 g/mol. The lowest BCUT2D eigenvalue weighted by Gasteiger charge is -2.36. The van der Waals surface area contributed by atoms with E-state index in [1.54, 1.807) is 0 Å². The van der Waals surface area contributed by atoms with Crippen molar-refractivity contribution in [2.24, 2.45) is 0 Å². The minimum Gasteiger partial charge on any atom is -0.386 e. The maximum Gasteiger partial charge on any atom is 0.0840 e. The van der Waals surface area contributed by atoms with Gasteiger partial charge in [0.1, 0.15) is 0 Å². The van der Waals surface area contributed by atoms with Crippen LogP contribution in [-0.2, 0) is 12.1 Å². The van der Waals surface area contributed by atoms with Crippen LogP contribution in [0, 0.1) is 0 Å². The summed E-state index contributed by atoms with van der Waals surface area (Å²) in [6.07, 6.45) is 0. The Bertz CT molecular complexity index is 608. The molecule has 1 aliphatic heterocycles. The highest BCUT2D eigenvalue weighted by atomic mass is 16.3. The summed E-state index contributed by atoms with van der Waals surface area (Å²) in [6, 6.07) is 19.0. The minimum absolute atomic E-state index is 0.764. The van der Waals surface area contributed by atoms with Gasteiger partial charge < -0.3 is 10.0 Å². The van der Waals surface area contributed by atoms with Crippen LogP contribution in [0.15, 0.2) is 54.6 Å². The number of anilines is 1. The number of piperazine rings is 1. The van der Waals surface area contributed by atoms with Gasteiger partial charge >= 0.3 is 0 Å². The predicted molar refractivity (Wildman–Crippen MR) is 95.6 cm³/mol. The zero-order valence-corrected chi connectivity index (χ0v) is 14.1. The first kappa shape index (κ1) is 16.0. The third kappa shape index (κ3) is 4.12. The highest BCUT2D eigenvalue weighted by Crippen LogP contribution is 2.21. The molecule has 1 heterocycles. The zero-order chi connectivity index (χ0) is 16.3. The molecule has 0 radical (unpaired) electrons. The van der Waals surface area contributed by atoms with Crippen molar-refractivity contribution < 1.29 is 5.11 Å². The van der Waals surface area contributed by atoms with Crippen molar-refractivity contribution in [3.8, 4) is 0 Å².